The van der Waals surface area contributed by atoms with Gasteiger partial charge in [-0.2, -0.15) is 0 Å². The highest BCUT2D eigenvalue weighted by molar-refractivity contribution is 8.00. The van der Waals surface area contributed by atoms with Gasteiger partial charge in [0.05, 0.1) is 5.25 Å². The number of carbonyl (C=O) groups excluding carboxylic acids is 1. The number of hydrogen-bond donors (Lipinski definition) is 1. The third kappa shape index (κ3) is 3.41. The van der Waals surface area contributed by atoms with Gasteiger partial charge in [0.15, 0.2) is 17.1 Å². The van der Waals surface area contributed by atoms with Gasteiger partial charge >= 0.3 is 0 Å². The molecule has 1 aromatic heterocycles. The minimum absolute atomic E-state index is 0.0788. The van der Waals surface area contributed by atoms with Crippen molar-refractivity contribution in [3.05, 3.63) is 48.0 Å². The molecule has 0 saturated carbocycles. The Labute approximate surface area is 148 Å². The first-order valence-electron chi connectivity index (χ1n) is 7.87. The molecule has 1 aliphatic heterocycles. The fourth-order valence-corrected chi connectivity index (χ4v) is 3.27. The summed E-state index contributed by atoms with van der Waals surface area (Å²) in [6, 6.07) is 13.2. The zero-order chi connectivity index (χ0) is 17.2. The Hall–Kier alpha value is -2.67. The molecule has 1 N–H and O–H groups in total. The van der Waals surface area contributed by atoms with E-state index in [0.29, 0.717) is 17.5 Å². The number of thioether (sulfide) groups is 1. The van der Waals surface area contributed by atoms with Gasteiger partial charge in [0, 0.05) is 6.54 Å². The molecule has 25 heavy (non-hydrogen) atoms. The van der Waals surface area contributed by atoms with Crippen LogP contribution in [-0.4, -0.2) is 22.9 Å². The number of carbonyl (C=O) groups is 1. The number of nitrogens with one attached hydrogen (secondary N) is 1. The molecule has 0 spiro atoms. The van der Waals surface area contributed by atoms with Crippen molar-refractivity contribution in [2.45, 2.75) is 23.9 Å². The van der Waals surface area contributed by atoms with Crippen LogP contribution in [0.4, 0.5) is 0 Å². The van der Waals surface area contributed by atoms with Crippen molar-refractivity contribution < 1.29 is 18.7 Å². The Kier molecular flexibility index (Phi) is 4.23. The summed E-state index contributed by atoms with van der Waals surface area (Å²) in [5.74, 6) is 1.36. The van der Waals surface area contributed by atoms with Crippen molar-refractivity contribution in [3.63, 3.8) is 0 Å². The number of oxazole rings is 1. The largest absolute Gasteiger partial charge is 0.454 e. The fraction of sp³-hybridized carbons (Fsp3) is 0.222. The molecular formula is C18H16N2O4S. The zero-order valence-electron chi connectivity index (χ0n) is 13.5. The Balaban J connectivity index is 1.35. The summed E-state index contributed by atoms with van der Waals surface area (Å²) < 4.78 is 16.3. The normalized spacial score (nSPS) is 13.8. The van der Waals surface area contributed by atoms with Crippen molar-refractivity contribution in [2.75, 3.05) is 6.79 Å². The van der Waals surface area contributed by atoms with Gasteiger partial charge in [0.25, 0.3) is 5.22 Å². The summed E-state index contributed by atoms with van der Waals surface area (Å²) >= 11 is 1.30. The van der Waals surface area contributed by atoms with Crippen molar-refractivity contribution >= 4 is 28.8 Å². The maximum atomic E-state index is 12.3. The first-order valence-corrected chi connectivity index (χ1v) is 8.75. The van der Waals surface area contributed by atoms with E-state index in [1.54, 1.807) is 0 Å². The van der Waals surface area contributed by atoms with Crippen LogP contribution in [0.25, 0.3) is 11.1 Å². The second-order valence-corrected chi connectivity index (χ2v) is 6.91. The van der Waals surface area contributed by atoms with E-state index in [1.807, 2.05) is 49.4 Å². The number of aromatic nitrogens is 1. The molecule has 0 saturated heterocycles. The predicted molar refractivity (Wildman–Crippen MR) is 93.7 cm³/mol. The van der Waals surface area contributed by atoms with Crippen molar-refractivity contribution in [2.24, 2.45) is 0 Å². The van der Waals surface area contributed by atoms with Crippen LogP contribution in [0.5, 0.6) is 11.5 Å². The lowest BCUT2D eigenvalue weighted by molar-refractivity contribution is -0.120. The van der Waals surface area contributed by atoms with Crippen LogP contribution < -0.4 is 14.8 Å². The molecule has 6 nitrogen and oxygen atoms in total. The van der Waals surface area contributed by atoms with E-state index in [-0.39, 0.29) is 18.0 Å². The van der Waals surface area contributed by atoms with E-state index in [9.17, 15) is 4.79 Å². The summed E-state index contributed by atoms with van der Waals surface area (Å²) in [6.07, 6.45) is 0. The maximum absolute atomic E-state index is 12.3. The molecule has 2 aromatic carbocycles. The molecule has 0 bridgehead atoms. The minimum atomic E-state index is -0.318. The minimum Gasteiger partial charge on any atom is -0.454 e. The molecule has 2 heterocycles. The van der Waals surface area contributed by atoms with Crippen LogP contribution in [0.2, 0.25) is 0 Å². The summed E-state index contributed by atoms with van der Waals surface area (Å²) in [5.41, 5.74) is 2.47. The Morgan fingerprint density at radius 3 is 2.96 bits per heavy atom. The lowest BCUT2D eigenvalue weighted by Crippen LogP contribution is -2.30. The van der Waals surface area contributed by atoms with Gasteiger partial charge in [0.2, 0.25) is 12.7 Å². The second kappa shape index (κ2) is 6.68. The van der Waals surface area contributed by atoms with Crippen LogP contribution in [0.3, 0.4) is 0 Å². The standard InChI is InChI=1S/C18H16N2O4S/c1-11(25-18-20-13-4-2-3-5-14(13)24-18)17(21)19-9-12-6-7-15-16(8-12)23-10-22-15/h2-8,11H,9-10H2,1H3,(H,19,21)/t11-/m0/s1. The average molecular weight is 356 g/mol. The number of para-hydroxylation sites is 2. The predicted octanol–water partition coefficient (Wildman–Crippen LogP) is 3.35. The van der Waals surface area contributed by atoms with Crippen LogP contribution >= 0.6 is 11.8 Å². The number of nitrogens with zero attached hydrogens (tertiary/aromatic N) is 1. The molecule has 0 aliphatic carbocycles. The molecule has 0 unspecified atom stereocenters. The quantitative estimate of drug-likeness (QED) is 0.707. The third-order valence-electron chi connectivity index (χ3n) is 3.82. The van der Waals surface area contributed by atoms with E-state index in [1.165, 1.54) is 11.8 Å². The SMILES string of the molecule is C[C@H](Sc1nc2ccccc2o1)C(=O)NCc1ccc2c(c1)OCO2. The number of ether oxygens (including phenoxy) is 2. The number of fused-ring (bicyclic) bond motifs is 2. The molecule has 7 heteroatoms. The van der Waals surface area contributed by atoms with Gasteiger partial charge in [-0.05, 0) is 36.8 Å². The number of rotatable bonds is 5. The highest BCUT2D eigenvalue weighted by atomic mass is 32.2. The average Bonchev–Trinajstić information content (AvgIpc) is 3.24. The van der Waals surface area contributed by atoms with E-state index < -0.39 is 0 Å². The monoisotopic (exact) mass is 356 g/mol. The van der Waals surface area contributed by atoms with E-state index >= 15 is 0 Å². The van der Waals surface area contributed by atoms with Crippen molar-refractivity contribution in [3.8, 4) is 11.5 Å². The highest BCUT2D eigenvalue weighted by Gasteiger charge is 2.18. The molecule has 128 valence electrons. The molecule has 0 fully saturated rings. The van der Waals surface area contributed by atoms with Gasteiger partial charge in [-0.15, -0.1) is 0 Å². The molecule has 1 amide bonds. The van der Waals surface area contributed by atoms with Crippen molar-refractivity contribution in [1.82, 2.24) is 10.3 Å². The number of amides is 1. The van der Waals surface area contributed by atoms with E-state index in [2.05, 4.69) is 10.3 Å². The van der Waals surface area contributed by atoms with Gasteiger partial charge in [-0.3, -0.25) is 4.79 Å². The lowest BCUT2D eigenvalue weighted by Gasteiger charge is -2.10. The molecular weight excluding hydrogens is 340 g/mol. The fourth-order valence-electron chi connectivity index (χ4n) is 2.49. The molecule has 0 radical (unpaired) electrons. The maximum Gasteiger partial charge on any atom is 0.257 e. The van der Waals surface area contributed by atoms with Gasteiger partial charge in [0.1, 0.15) is 5.52 Å². The molecule has 1 atom stereocenters. The number of hydrogen-bond acceptors (Lipinski definition) is 6. The van der Waals surface area contributed by atoms with Crippen LogP contribution in [-0.2, 0) is 11.3 Å². The van der Waals surface area contributed by atoms with Crippen LogP contribution in [0.1, 0.15) is 12.5 Å². The van der Waals surface area contributed by atoms with E-state index in [4.69, 9.17) is 13.9 Å². The summed E-state index contributed by atoms with van der Waals surface area (Å²) in [5, 5.41) is 3.09. The first-order chi connectivity index (χ1) is 12.2. The second-order valence-electron chi connectivity index (χ2n) is 5.61. The highest BCUT2D eigenvalue weighted by Crippen LogP contribution is 2.32. The first kappa shape index (κ1) is 15.8. The lowest BCUT2D eigenvalue weighted by atomic mass is 10.2. The Morgan fingerprint density at radius 2 is 2.08 bits per heavy atom. The van der Waals surface area contributed by atoms with Gasteiger partial charge in [-0.25, -0.2) is 4.98 Å². The Morgan fingerprint density at radius 1 is 1.24 bits per heavy atom. The van der Waals surface area contributed by atoms with Crippen molar-refractivity contribution in [1.29, 1.82) is 0 Å². The van der Waals surface area contributed by atoms with Gasteiger partial charge < -0.3 is 19.2 Å². The summed E-state index contributed by atoms with van der Waals surface area (Å²) in [7, 11) is 0. The smallest absolute Gasteiger partial charge is 0.257 e. The summed E-state index contributed by atoms with van der Waals surface area (Å²) in [6.45, 7) is 2.49. The van der Waals surface area contributed by atoms with Crippen LogP contribution in [0, 0.1) is 0 Å². The Bertz CT molecular complexity index is 891. The van der Waals surface area contributed by atoms with Gasteiger partial charge in [-0.1, -0.05) is 30.0 Å². The third-order valence-corrected chi connectivity index (χ3v) is 4.77. The van der Waals surface area contributed by atoms with Crippen LogP contribution in [0.15, 0.2) is 52.1 Å². The zero-order valence-corrected chi connectivity index (χ0v) is 14.3. The molecule has 4 rings (SSSR count). The topological polar surface area (TPSA) is 73.6 Å². The summed E-state index contributed by atoms with van der Waals surface area (Å²) in [4.78, 5) is 16.7. The molecule has 1 aliphatic rings. The number of benzene rings is 2. The van der Waals surface area contributed by atoms with E-state index in [0.717, 1.165) is 22.4 Å². The molecule has 3 aromatic rings.